The number of hydrogen-bond acceptors (Lipinski definition) is 2. The summed E-state index contributed by atoms with van der Waals surface area (Å²) in [6.45, 7) is 14.3. The molecule has 0 saturated heterocycles. The van der Waals surface area contributed by atoms with Crippen LogP contribution in [0.25, 0.3) is 0 Å². The summed E-state index contributed by atoms with van der Waals surface area (Å²) in [5.74, 6) is -0.914. The van der Waals surface area contributed by atoms with Crippen LogP contribution in [0.5, 0.6) is 0 Å². The minimum atomic E-state index is -0.914. The Morgan fingerprint density at radius 1 is 1.37 bits per heavy atom. The summed E-state index contributed by atoms with van der Waals surface area (Å²) in [6, 6.07) is -0.650. The van der Waals surface area contributed by atoms with Gasteiger partial charge in [0.1, 0.15) is 0 Å². The molecular weight excluding hydrogens is 244 g/mol. The molecule has 1 atom stereocenters. The molecule has 0 aliphatic carbocycles. The average Bonchev–Trinajstić information content (AvgIpc) is 2.22. The van der Waals surface area contributed by atoms with Gasteiger partial charge in [-0.1, -0.05) is 32.9 Å². The van der Waals surface area contributed by atoms with E-state index >= 15 is 0 Å². The summed E-state index contributed by atoms with van der Waals surface area (Å²) in [6.07, 6.45) is -0.0835. The molecule has 1 unspecified atom stereocenters. The molecule has 0 heterocycles. The Bertz CT molecular complexity index is 345. The van der Waals surface area contributed by atoms with Crippen LogP contribution < -0.4 is 5.32 Å². The van der Waals surface area contributed by atoms with Gasteiger partial charge in [-0.05, 0) is 19.3 Å². The first-order chi connectivity index (χ1) is 8.57. The zero-order chi connectivity index (χ0) is 15.2. The monoisotopic (exact) mass is 270 g/mol. The molecule has 19 heavy (non-hydrogen) atoms. The van der Waals surface area contributed by atoms with E-state index in [9.17, 15) is 9.59 Å². The highest BCUT2D eigenvalue weighted by Crippen LogP contribution is 2.22. The number of amides is 2. The second kappa shape index (κ2) is 7.16. The van der Waals surface area contributed by atoms with Gasteiger partial charge in [0, 0.05) is 19.1 Å². The molecule has 0 aromatic heterocycles. The maximum atomic E-state index is 12.1. The van der Waals surface area contributed by atoms with Crippen LogP contribution in [-0.2, 0) is 4.79 Å². The molecule has 0 radical (unpaired) electrons. The van der Waals surface area contributed by atoms with Gasteiger partial charge in [-0.15, -0.1) is 0 Å². The van der Waals surface area contributed by atoms with E-state index in [1.807, 2.05) is 34.6 Å². The molecule has 5 heteroatoms. The van der Waals surface area contributed by atoms with E-state index in [0.29, 0.717) is 13.1 Å². The summed E-state index contributed by atoms with van der Waals surface area (Å²) in [4.78, 5) is 24.6. The third-order valence-corrected chi connectivity index (χ3v) is 2.85. The maximum Gasteiger partial charge on any atom is 0.317 e. The Hall–Kier alpha value is -1.52. The van der Waals surface area contributed by atoms with E-state index < -0.39 is 12.0 Å². The number of urea groups is 1. The molecule has 0 aliphatic heterocycles. The largest absolute Gasteiger partial charge is 0.481 e. The van der Waals surface area contributed by atoms with Crippen LogP contribution in [0.4, 0.5) is 4.79 Å². The highest BCUT2D eigenvalue weighted by atomic mass is 16.4. The van der Waals surface area contributed by atoms with Crippen LogP contribution in [0, 0.1) is 5.41 Å². The fourth-order valence-corrected chi connectivity index (χ4v) is 1.64. The summed E-state index contributed by atoms with van der Waals surface area (Å²) in [7, 11) is 0. The lowest BCUT2D eigenvalue weighted by molar-refractivity contribution is -0.138. The molecular formula is C14H26N2O3. The number of carboxylic acid groups (broad SMARTS) is 1. The Labute approximate surface area is 115 Å². The van der Waals surface area contributed by atoms with Crippen molar-refractivity contribution >= 4 is 12.0 Å². The highest BCUT2D eigenvalue weighted by Gasteiger charge is 2.29. The smallest absolute Gasteiger partial charge is 0.317 e. The van der Waals surface area contributed by atoms with Crippen LogP contribution in [0.15, 0.2) is 12.2 Å². The fourth-order valence-electron chi connectivity index (χ4n) is 1.64. The van der Waals surface area contributed by atoms with Crippen LogP contribution in [-0.4, -0.2) is 41.1 Å². The van der Waals surface area contributed by atoms with Crippen LogP contribution in [0.3, 0.4) is 0 Å². The van der Waals surface area contributed by atoms with Crippen molar-refractivity contribution in [2.24, 2.45) is 5.41 Å². The number of nitrogens with one attached hydrogen (secondary N) is 1. The number of carboxylic acids is 1. The predicted molar refractivity (Wildman–Crippen MR) is 76.1 cm³/mol. The van der Waals surface area contributed by atoms with E-state index in [0.717, 1.165) is 5.57 Å². The van der Waals surface area contributed by atoms with Crippen molar-refractivity contribution in [1.82, 2.24) is 10.2 Å². The Kier molecular flexibility index (Phi) is 6.59. The highest BCUT2D eigenvalue weighted by molar-refractivity contribution is 5.76. The van der Waals surface area contributed by atoms with Crippen molar-refractivity contribution in [1.29, 1.82) is 0 Å². The van der Waals surface area contributed by atoms with Crippen molar-refractivity contribution in [2.75, 3.05) is 13.1 Å². The first-order valence-electron chi connectivity index (χ1n) is 6.49. The van der Waals surface area contributed by atoms with Crippen LogP contribution in [0.2, 0.25) is 0 Å². The third-order valence-electron chi connectivity index (χ3n) is 2.85. The van der Waals surface area contributed by atoms with Gasteiger partial charge >= 0.3 is 12.0 Å². The van der Waals surface area contributed by atoms with Gasteiger partial charge in [0.05, 0.1) is 6.42 Å². The molecule has 0 aliphatic rings. The van der Waals surface area contributed by atoms with Gasteiger partial charge in [0.25, 0.3) is 0 Å². The lowest BCUT2D eigenvalue weighted by Crippen LogP contribution is -2.50. The minimum Gasteiger partial charge on any atom is -0.481 e. The van der Waals surface area contributed by atoms with E-state index in [-0.39, 0.29) is 17.9 Å². The summed E-state index contributed by atoms with van der Waals surface area (Å²) in [5.41, 5.74) is 0.582. The van der Waals surface area contributed by atoms with E-state index in [4.69, 9.17) is 5.11 Å². The number of hydrogen-bond donors (Lipinski definition) is 2. The molecule has 2 amide bonds. The average molecular weight is 270 g/mol. The minimum absolute atomic E-state index is 0.0835. The molecule has 0 saturated carbocycles. The van der Waals surface area contributed by atoms with E-state index in [2.05, 4.69) is 11.9 Å². The zero-order valence-corrected chi connectivity index (χ0v) is 12.6. The molecule has 0 aromatic carbocycles. The van der Waals surface area contributed by atoms with Crippen LogP contribution >= 0.6 is 0 Å². The van der Waals surface area contributed by atoms with Gasteiger partial charge in [0.2, 0.25) is 0 Å². The Balaban J connectivity index is 4.78. The first kappa shape index (κ1) is 17.5. The molecule has 0 rings (SSSR count). The van der Waals surface area contributed by atoms with E-state index in [1.54, 1.807) is 4.90 Å². The SMILES string of the molecule is C=C(C)CN(CC)C(=O)NC(CC(=O)O)C(C)(C)C. The molecule has 110 valence electrons. The standard InChI is InChI=1S/C14H26N2O3/c1-7-16(9-10(2)3)13(19)15-11(8-12(17)18)14(4,5)6/h11H,2,7-9H2,1,3-6H3,(H,15,19)(H,17,18). The number of likely N-dealkylation sites (N-methyl/N-ethyl adjacent to an activating group) is 1. The van der Waals surface area contributed by atoms with Gasteiger partial charge in [-0.3, -0.25) is 4.79 Å². The quantitative estimate of drug-likeness (QED) is 0.728. The lowest BCUT2D eigenvalue weighted by Gasteiger charge is -2.32. The number of rotatable bonds is 6. The molecule has 2 N–H and O–H groups in total. The summed E-state index contributed by atoms with van der Waals surface area (Å²) in [5, 5.41) is 11.7. The number of aliphatic carboxylic acids is 1. The molecule has 0 aromatic rings. The van der Waals surface area contributed by atoms with Crippen molar-refractivity contribution in [2.45, 2.75) is 47.1 Å². The number of nitrogens with zero attached hydrogens (tertiary/aromatic N) is 1. The predicted octanol–water partition coefficient (Wildman–Crippen LogP) is 2.48. The van der Waals surface area contributed by atoms with Gasteiger partial charge in [-0.25, -0.2) is 4.79 Å². The molecule has 0 fully saturated rings. The number of carbonyl (C=O) groups excluding carboxylic acids is 1. The van der Waals surface area contributed by atoms with E-state index in [1.165, 1.54) is 0 Å². The molecule has 0 bridgehead atoms. The normalized spacial score (nSPS) is 12.7. The van der Waals surface area contributed by atoms with Crippen molar-refractivity contribution in [3.05, 3.63) is 12.2 Å². The third kappa shape index (κ3) is 6.84. The lowest BCUT2D eigenvalue weighted by atomic mass is 9.85. The van der Waals surface area contributed by atoms with Crippen molar-refractivity contribution in [3.8, 4) is 0 Å². The van der Waals surface area contributed by atoms with Gasteiger partial charge < -0.3 is 15.3 Å². The maximum absolute atomic E-state index is 12.1. The zero-order valence-electron chi connectivity index (χ0n) is 12.6. The van der Waals surface area contributed by atoms with Crippen molar-refractivity contribution < 1.29 is 14.7 Å². The van der Waals surface area contributed by atoms with Crippen LogP contribution in [0.1, 0.15) is 41.0 Å². The Morgan fingerprint density at radius 3 is 2.21 bits per heavy atom. The topological polar surface area (TPSA) is 69.6 Å². The Morgan fingerprint density at radius 2 is 1.89 bits per heavy atom. The molecule has 5 nitrogen and oxygen atoms in total. The van der Waals surface area contributed by atoms with Gasteiger partial charge in [0.15, 0.2) is 0 Å². The second-order valence-corrected chi connectivity index (χ2v) is 5.94. The first-order valence-corrected chi connectivity index (χ1v) is 6.49. The fraction of sp³-hybridized carbons (Fsp3) is 0.714. The number of carbonyl (C=O) groups is 2. The van der Waals surface area contributed by atoms with Gasteiger partial charge in [-0.2, -0.15) is 0 Å². The molecule has 0 spiro atoms. The summed E-state index contributed by atoms with van der Waals surface area (Å²) >= 11 is 0. The van der Waals surface area contributed by atoms with Crippen molar-refractivity contribution in [3.63, 3.8) is 0 Å². The summed E-state index contributed by atoms with van der Waals surface area (Å²) < 4.78 is 0. The second-order valence-electron chi connectivity index (χ2n) is 5.94.